The van der Waals surface area contributed by atoms with E-state index in [-0.39, 0.29) is 5.69 Å². The molecule has 0 unspecified atom stereocenters. The summed E-state index contributed by atoms with van der Waals surface area (Å²) in [6.45, 7) is 3.76. The Kier molecular flexibility index (Phi) is 4.95. The van der Waals surface area contributed by atoms with E-state index in [4.69, 9.17) is 11.6 Å². The van der Waals surface area contributed by atoms with Crippen LogP contribution in [0.15, 0.2) is 48.9 Å². The van der Waals surface area contributed by atoms with E-state index >= 15 is 0 Å². The summed E-state index contributed by atoms with van der Waals surface area (Å²) in [5, 5.41) is 22.4. The van der Waals surface area contributed by atoms with Gasteiger partial charge < -0.3 is 5.32 Å². The van der Waals surface area contributed by atoms with Gasteiger partial charge in [-0.2, -0.15) is 10.2 Å². The molecule has 2 aromatic heterocycles. The Hall–Kier alpha value is -3.20. The monoisotopic (exact) mass is 388 g/mol. The molecule has 0 spiro atoms. The zero-order chi connectivity index (χ0) is 19.6. The van der Waals surface area contributed by atoms with Crippen molar-refractivity contribution in [1.29, 1.82) is 0 Å². The summed E-state index contributed by atoms with van der Waals surface area (Å²) in [6.07, 6.45) is 4.07. The number of hydrogen-bond donors (Lipinski definition) is 1. The smallest absolute Gasteiger partial charge is 0.307 e. The van der Waals surface area contributed by atoms with E-state index in [9.17, 15) is 14.9 Å². The molecule has 2 heterocycles. The Morgan fingerprint density at radius 1 is 1.30 bits per heavy atom. The van der Waals surface area contributed by atoms with Gasteiger partial charge in [0.25, 0.3) is 5.91 Å². The molecule has 1 N–H and O–H groups in total. The van der Waals surface area contributed by atoms with Crippen LogP contribution in [0.4, 0.5) is 11.5 Å². The second-order valence-corrected chi connectivity index (χ2v) is 6.87. The van der Waals surface area contributed by atoms with E-state index in [1.165, 1.54) is 10.9 Å². The molecule has 0 bridgehead atoms. The number of nitrogens with one attached hydrogen (secondary N) is 1. The van der Waals surface area contributed by atoms with Crippen LogP contribution in [0.25, 0.3) is 0 Å². The van der Waals surface area contributed by atoms with Crippen LogP contribution in [0.5, 0.6) is 0 Å². The molecule has 0 saturated heterocycles. The van der Waals surface area contributed by atoms with Crippen LogP contribution in [0.3, 0.4) is 0 Å². The van der Waals surface area contributed by atoms with Crippen molar-refractivity contribution in [2.45, 2.75) is 25.9 Å². The van der Waals surface area contributed by atoms with Gasteiger partial charge in [-0.3, -0.25) is 24.3 Å². The fourth-order valence-corrected chi connectivity index (χ4v) is 2.51. The van der Waals surface area contributed by atoms with Crippen molar-refractivity contribution in [1.82, 2.24) is 19.6 Å². The molecular weight excluding hydrogens is 372 g/mol. The predicted octanol–water partition coefficient (Wildman–Crippen LogP) is 3.06. The minimum absolute atomic E-state index is 0.178. The second-order valence-electron chi connectivity index (χ2n) is 6.44. The topological polar surface area (TPSA) is 108 Å². The minimum atomic E-state index is -1.13. The maximum atomic E-state index is 12.6. The van der Waals surface area contributed by atoms with E-state index in [2.05, 4.69) is 15.5 Å². The van der Waals surface area contributed by atoms with Gasteiger partial charge in [-0.1, -0.05) is 23.7 Å². The molecule has 3 aromatic rings. The maximum absolute atomic E-state index is 12.6. The van der Waals surface area contributed by atoms with E-state index in [1.807, 2.05) is 12.1 Å². The highest BCUT2D eigenvalue weighted by atomic mass is 35.5. The van der Waals surface area contributed by atoms with Crippen LogP contribution in [-0.2, 0) is 16.9 Å². The van der Waals surface area contributed by atoms with Gasteiger partial charge in [0.1, 0.15) is 17.9 Å². The molecule has 3 rings (SSSR count). The molecule has 0 fully saturated rings. The molecule has 1 amide bonds. The number of anilines is 1. The zero-order valence-corrected chi connectivity index (χ0v) is 15.4. The summed E-state index contributed by atoms with van der Waals surface area (Å²) >= 11 is 5.87. The van der Waals surface area contributed by atoms with Crippen LogP contribution in [0, 0.1) is 10.1 Å². The molecule has 10 heteroatoms. The Balaban J connectivity index is 1.69. The summed E-state index contributed by atoms with van der Waals surface area (Å²) in [4.78, 5) is 22.9. The van der Waals surface area contributed by atoms with Gasteiger partial charge in [0.15, 0.2) is 5.82 Å². The first-order chi connectivity index (χ1) is 12.8. The quantitative estimate of drug-likeness (QED) is 0.515. The molecule has 27 heavy (non-hydrogen) atoms. The van der Waals surface area contributed by atoms with Gasteiger partial charge in [0.05, 0.1) is 11.5 Å². The number of carbonyl (C=O) groups is 1. The van der Waals surface area contributed by atoms with Crippen molar-refractivity contribution in [3.63, 3.8) is 0 Å². The molecule has 0 radical (unpaired) electrons. The lowest BCUT2D eigenvalue weighted by molar-refractivity contribution is -0.385. The van der Waals surface area contributed by atoms with Crippen LogP contribution in [0.2, 0.25) is 5.02 Å². The number of hydrogen-bond acceptors (Lipinski definition) is 5. The molecule has 0 aliphatic carbocycles. The summed E-state index contributed by atoms with van der Waals surface area (Å²) in [5.41, 5.74) is -0.290. The number of nitrogens with zero attached hydrogens (tertiary/aromatic N) is 5. The third kappa shape index (κ3) is 4.14. The molecule has 0 atom stereocenters. The normalized spacial score (nSPS) is 11.4. The highest BCUT2D eigenvalue weighted by molar-refractivity contribution is 6.30. The SMILES string of the molecule is CC(C)(C(=O)Nc1ccn(Cc2ccc(Cl)cc2)n1)n1cc([N+](=O)[O-])cn1. The van der Waals surface area contributed by atoms with Gasteiger partial charge in [0.2, 0.25) is 0 Å². The molecule has 9 nitrogen and oxygen atoms in total. The van der Waals surface area contributed by atoms with Gasteiger partial charge in [-0.25, -0.2) is 0 Å². The fourth-order valence-electron chi connectivity index (χ4n) is 2.38. The van der Waals surface area contributed by atoms with Crippen molar-refractivity contribution < 1.29 is 9.72 Å². The third-order valence-electron chi connectivity index (χ3n) is 4.05. The van der Waals surface area contributed by atoms with Gasteiger partial charge in [-0.15, -0.1) is 0 Å². The molecule has 1 aromatic carbocycles. The summed E-state index contributed by atoms with van der Waals surface area (Å²) in [5.74, 6) is -0.0130. The fraction of sp³-hybridized carbons (Fsp3) is 0.235. The predicted molar refractivity (Wildman–Crippen MR) is 99.6 cm³/mol. The lowest BCUT2D eigenvalue weighted by Gasteiger charge is -2.23. The number of amides is 1. The van der Waals surface area contributed by atoms with Crippen LogP contribution in [0.1, 0.15) is 19.4 Å². The Labute approximate surface area is 159 Å². The first kappa shape index (κ1) is 18.6. The summed E-state index contributed by atoms with van der Waals surface area (Å²) < 4.78 is 2.94. The first-order valence-electron chi connectivity index (χ1n) is 8.04. The largest absolute Gasteiger partial charge is 0.307 e. The first-order valence-corrected chi connectivity index (χ1v) is 8.42. The summed E-state index contributed by atoms with van der Waals surface area (Å²) in [6, 6.07) is 9.07. The molecule has 0 saturated carbocycles. The Morgan fingerprint density at radius 3 is 2.63 bits per heavy atom. The molecular formula is C17H17ClN6O3. The van der Waals surface area contributed by atoms with Gasteiger partial charge >= 0.3 is 5.69 Å². The van der Waals surface area contributed by atoms with Crippen molar-refractivity contribution in [2.24, 2.45) is 0 Å². The van der Waals surface area contributed by atoms with Crippen molar-refractivity contribution >= 4 is 29.0 Å². The van der Waals surface area contributed by atoms with Crippen LogP contribution < -0.4 is 5.32 Å². The Morgan fingerprint density at radius 2 is 2.00 bits per heavy atom. The number of rotatable bonds is 6. The van der Waals surface area contributed by atoms with Crippen molar-refractivity contribution in [2.75, 3.05) is 5.32 Å². The van der Waals surface area contributed by atoms with Crippen LogP contribution in [-0.4, -0.2) is 30.4 Å². The molecule has 0 aliphatic heterocycles. The summed E-state index contributed by atoms with van der Waals surface area (Å²) in [7, 11) is 0. The molecule has 140 valence electrons. The lowest BCUT2D eigenvalue weighted by Crippen LogP contribution is -2.40. The number of nitro groups is 1. The van der Waals surface area contributed by atoms with Crippen LogP contribution >= 0.6 is 11.6 Å². The van der Waals surface area contributed by atoms with Crippen molar-refractivity contribution in [3.05, 3.63) is 69.6 Å². The van der Waals surface area contributed by atoms with Gasteiger partial charge in [0, 0.05) is 17.3 Å². The van der Waals surface area contributed by atoms with Gasteiger partial charge in [-0.05, 0) is 31.5 Å². The number of benzene rings is 1. The number of aromatic nitrogens is 4. The maximum Gasteiger partial charge on any atom is 0.307 e. The van der Waals surface area contributed by atoms with E-state index in [0.29, 0.717) is 17.4 Å². The third-order valence-corrected chi connectivity index (χ3v) is 4.30. The highest BCUT2D eigenvalue weighted by Crippen LogP contribution is 2.20. The van der Waals surface area contributed by atoms with Crippen molar-refractivity contribution in [3.8, 4) is 0 Å². The average molecular weight is 389 g/mol. The van der Waals surface area contributed by atoms with E-state index in [0.717, 1.165) is 11.8 Å². The Bertz CT molecular complexity index is 977. The second kappa shape index (κ2) is 7.20. The lowest BCUT2D eigenvalue weighted by atomic mass is 10.1. The average Bonchev–Trinajstić information content (AvgIpc) is 3.27. The zero-order valence-electron chi connectivity index (χ0n) is 14.7. The molecule has 0 aliphatic rings. The minimum Gasteiger partial charge on any atom is -0.307 e. The standard InChI is InChI=1S/C17H17ClN6O3/c1-17(2,23-11-14(9-19-23)24(26)27)16(25)20-15-7-8-22(21-15)10-12-3-5-13(18)6-4-12/h3-9,11H,10H2,1-2H3,(H,20,21,25). The van der Waals surface area contributed by atoms with E-state index in [1.54, 1.807) is 42.9 Å². The highest BCUT2D eigenvalue weighted by Gasteiger charge is 2.32. The number of halogens is 1. The number of carbonyl (C=O) groups excluding carboxylic acids is 1. The van der Waals surface area contributed by atoms with E-state index < -0.39 is 16.4 Å².